The molecule has 0 aliphatic rings. The van der Waals surface area contributed by atoms with Crippen molar-refractivity contribution in [2.24, 2.45) is 0 Å². The van der Waals surface area contributed by atoms with Gasteiger partial charge >= 0.3 is 0 Å². The third kappa shape index (κ3) is 5.90. The van der Waals surface area contributed by atoms with Crippen molar-refractivity contribution in [3.63, 3.8) is 0 Å². The fourth-order valence-corrected chi connectivity index (χ4v) is 2.91. The maximum Gasteiger partial charge on any atom is 0.272 e. The molecule has 0 aliphatic heterocycles. The first-order valence-corrected chi connectivity index (χ1v) is 10.1. The van der Waals surface area contributed by atoms with Gasteiger partial charge in [-0.15, -0.1) is 0 Å². The quantitative estimate of drug-likeness (QED) is 0.520. The number of carbonyl (C=O) groups is 1. The zero-order chi connectivity index (χ0) is 21.3. The molecule has 30 heavy (non-hydrogen) atoms. The number of nitrogens with one attached hydrogen (secondary N) is 1. The minimum atomic E-state index is -0.275. The Morgan fingerprint density at radius 2 is 1.83 bits per heavy atom. The summed E-state index contributed by atoms with van der Waals surface area (Å²) in [7, 11) is 0. The lowest BCUT2D eigenvalue weighted by Crippen LogP contribution is -2.23. The molecule has 3 aromatic rings. The van der Waals surface area contributed by atoms with Gasteiger partial charge in [-0.3, -0.25) is 4.79 Å². The average Bonchev–Trinajstić information content (AvgIpc) is 3.22. The summed E-state index contributed by atoms with van der Waals surface area (Å²) in [5, 5.41) is 7.70. The number of benzene rings is 2. The Hall–Kier alpha value is -3.19. The van der Waals surface area contributed by atoms with Gasteiger partial charge < -0.3 is 19.5 Å². The molecule has 0 unspecified atom stereocenters. The summed E-state index contributed by atoms with van der Waals surface area (Å²) in [5.41, 5.74) is 1.21. The maximum absolute atomic E-state index is 12.4. The van der Waals surface area contributed by atoms with Crippen LogP contribution >= 0.6 is 11.6 Å². The molecule has 0 radical (unpaired) electrons. The van der Waals surface area contributed by atoms with Crippen LogP contribution in [0, 0.1) is 0 Å². The van der Waals surface area contributed by atoms with Crippen molar-refractivity contribution in [3.05, 3.63) is 71.0 Å². The van der Waals surface area contributed by atoms with Gasteiger partial charge in [0, 0.05) is 17.8 Å². The van der Waals surface area contributed by atoms with Crippen LogP contribution in [-0.4, -0.2) is 28.9 Å². The van der Waals surface area contributed by atoms with Gasteiger partial charge in [0.1, 0.15) is 11.4 Å². The number of nitrogens with zero attached hydrogens (tertiary/aromatic N) is 2. The third-order valence-electron chi connectivity index (χ3n) is 4.09. The smallest absolute Gasteiger partial charge is 0.272 e. The fraction of sp³-hybridized carbons (Fsp3) is 0.273. The summed E-state index contributed by atoms with van der Waals surface area (Å²) in [6.07, 6.45) is 1.68. The molecule has 7 nitrogen and oxygen atoms in total. The Kier molecular flexibility index (Phi) is 7.57. The first-order chi connectivity index (χ1) is 14.6. The van der Waals surface area contributed by atoms with Gasteiger partial charge in [-0.25, -0.2) is 4.68 Å². The lowest BCUT2D eigenvalue weighted by atomic mass is 10.2. The fourth-order valence-electron chi connectivity index (χ4n) is 2.73. The molecule has 3 rings (SSSR count). The molecule has 2 aromatic carbocycles. The topological polar surface area (TPSA) is 74.6 Å². The molecule has 8 heteroatoms. The van der Waals surface area contributed by atoms with E-state index in [9.17, 15) is 4.79 Å². The number of hydrogen-bond donors (Lipinski definition) is 1. The first kappa shape index (κ1) is 21.5. The van der Waals surface area contributed by atoms with E-state index in [-0.39, 0.29) is 12.6 Å². The van der Waals surface area contributed by atoms with E-state index in [1.54, 1.807) is 41.2 Å². The van der Waals surface area contributed by atoms with E-state index in [0.717, 1.165) is 5.56 Å². The van der Waals surface area contributed by atoms with Gasteiger partial charge in [-0.1, -0.05) is 23.7 Å². The molecular weight excluding hydrogens is 406 g/mol. The van der Waals surface area contributed by atoms with Crippen molar-refractivity contribution in [3.8, 4) is 17.2 Å². The molecule has 0 spiro atoms. The predicted octanol–water partition coefficient (Wildman–Crippen LogP) is 4.30. The van der Waals surface area contributed by atoms with E-state index in [1.807, 2.05) is 32.0 Å². The SMILES string of the molecule is CCOc1ccc(CNC(=O)c2ccn(COc3cccc(Cl)c3)n2)cc1OCC. The number of halogens is 1. The lowest BCUT2D eigenvalue weighted by Gasteiger charge is -2.12. The Bertz CT molecular complexity index is 990. The van der Waals surface area contributed by atoms with E-state index in [0.29, 0.717) is 47.7 Å². The van der Waals surface area contributed by atoms with Crippen LogP contribution in [0.5, 0.6) is 17.2 Å². The Morgan fingerprint density at radius 1 is 1.03 bits per heavy atom. The first-order valence-electron chi connectivity index (χ1n) is 9.67. The normalized spacial score (nSPS) is 10.5. The van der Waals surface area contributed by atoms with Gasteiger partial charge in [-0.05, 0) is 55.8 Å². The van der Waals surface area contributed by atoms with Crippen LogP contribution < -0.4 is 19.5 Å². The van der Waals surface area contributed by atoms with Crippen molar-refractivity contribution in [2.45, 2.75) is 27.1 Å². The number of amides is 1. The molecule has 1 N–H and O–H groups in total. The van der Waals surface area contributed by atoms with Crippen LogP contribution in [-0.2, 0) is 13.3 Å². The largest absolute Gasteiger partial charge is 0.490 e. The number of carbonyl (C=O) groups excluding carboxylic acids is 1. The van der Waals surface area contributed by atoms with Gasteiger partial charge in [0.05, 0.1) is 13.2 Å². The van der Waals surface area contributed by atoms with E-state index in [2.05, 4.69) is 10.4 Å². The molecule has 0 saturated carbocycles. The molecule has 158 valence electrons. The maximum atomic E-state index is 12.4. The van der Waals surface area contributed by atoms with Gasteiger partial charge in [0.15, 0.2) is 18.2 Å². The third-order valence-corrected chi connectivity index (χ3v) is 4.33. The second-order valence-electron chi connectivity index (χ2n) is 6.30. The van der Waals surface area contributed by atoms with E-state index in [1.165, 1.54) is 0 Å². The molecule has 0 aliphatic carbocycles. The van der Waals surface area contributed by atoms with Crippen LogP contribution in [0.25, 0.3) is 0 Å². The number of rotatable bonds is 10. The second kappa shape index (κ2) is 10.5. The summed E-state index contributed by atoms with van der Waals surface area (Å²) >= 11 is 5.94. The van der Waals surface area contributed by atoms with E-state index >= 15 is 0 Å². The average molecular weight is 430 g/mol. The molecule has 1 heterocycles. The van der Waals surface area contributed by atoms with E-state index < -0.39 is 0 Å². The number of ether oxygens (including phenoxy) is 3. The highest BCUT2D eigenvalue weighted by Crippen LogP contribution is 2.28. The van der Waals surface area contributed by atoms with Gasteiger partial charge in [0.25, 0.3) is 5.91 Å². The highest BCUT2D eigenvalue weighted by Gasteiger charge is 2.11. The summed E-state index contributed by atoms with van der Waals surface area (Å²) in [5.74, 6) is 1.70. The van der Waals surface area contributed by atoms with Crippen LogP contribution in [0.1, 0.15) is 29.9 Å². The number of aromatic nitrogens is 2. The van der Waals surface area contributed by atoms with Crippen molar-refractivity contribution in [2.75, 3.05) is 13.2 Å². The molecule has 1 aromatic heterocycles. The molecule has 1 amide bonds. The molecule has 0 atom stereocenters. The molecule has 0 fully saturated rings. The highest BCUT2D eigenvalue weighted by atomic mass is 35.5. The lowest BCUT2D eigenvalue weighted by molar-refractivity contribution is 0.0943. The van der Waals surface area contributed by atoms with Crippen molar-refractivity contribution in [1.82, 2.24) is 15.1 Å². The van der Waals surface area contributed by atoms with Crippen LogP contribution in [0.15, 0.2) is 54.7 Å². The van der Waals surface area contributed by atoms with Gasteiger partial charge in [-0.2, -0.15) is 5.10 Å². The van der Waals surface area contributed by atoms with E-state index in [4.69, 9.17) is 25.8 Å². The molecule has 0 bridgehead atoms. The Labute approximate surface area is 180 Å². The second-order valence-corrected chi connectivity index (χ2v) is 6.74. The highest BCUT2D eigenvalue weighted by molar-refractivity contribution is 6.30. The van der Waals surface area contributed by atoms with Crippen molar-refractivity contribution in [1.29, 1.82) is 0 Å². The Morgan fingerprint density at radius 3 is 2.60 bits per heavy atom. The van der Waals surface area contributed by atoms with Crippen LogP contribution in [0.2, 0.25) is 5.02 Å². The zero-order valence-electron chi connectivity index (χ0n) is 16.9. The van der Waals surface area contributed by atoms with Crippen LogP contribution in [0.4, 0.5) is 0 Å². The summed E-state index contributed by atoms with van der Waals surface area (Å²) < 4.78 is 18.3. The Balaban J connectivity index is 1.55. The minimum Gasteiger partial charge on any atom is -0.490 e. The summed E-state index contributed by atoms with van der Waals surface area (Å²) in [6, 6.07) is 14.3. The zero-order valence-corrected chi connectivity index (χ0v) is 17.7. The van der Waals surface area contributed by atoms with Gasteiger partial charge in [0.2, 0.25) is 0 Å². The minimum absolute atomic E-state index is 0.171. The standard InChI is InChI=1S/C22H24ClN3O4/c1-3-28-20-9-8-16(12-21(20)29-4-2)14-24-22(27)19-10-11-26(25-19)15-30-18-7-5-6-17(23)13-18/h5-13H,3-4,14-15H2,1-2H3,(H,24,27). The van der Waals surface area contributed by atoms with Crippen LogP contribution in [0.3, 0.4) is 0 Å². The van der Waals surface area contributed by atoms with Crippen molar-refractivity contribution >= 4 is 17.5 Å². The summed E-state index contributed by atoms with van der Waals surface area (Å²) in [4.78, 5) is 12.4. The van der Waals surface area contributed by atoms with Crippen molar-refractivity contribution < 1.29 is 19.0 Å². The summed E-state index contributed by atoms with van der Waals surface area (Å²) in [6.45, 7) is 5.44. The molecular formula is C22H24ClN3O4. The number of hydrogen-bond acceptors (Lipinski definition) is 5. The predicted molar refractivity (Wildman–Crippen MR) is 114 cm³/mol. The molecule has 0 saturated heterocycles. The monoisotopic (exact) mass is 429 g/mol.